The molecule has 2 aliphatic heterocycles. The number of thioether (sulfide) groups is 2. The Hall–Kier alpha value is -1.34. The van der Waals surface area contributed by atoms with Crippen LogP contribution in [0.5, 0.6) is 0 Å². The Morgan fingerprint density at radius 1 is 0.692 bits per heavy atom. The lowest BCUT2D eigenvalue weighted by molar-refractivity contribution is -0.161. The van der Waals surface area contributed by atoms with Gasteiger partial charge < -0.3 is 0 Å². The number of carbonyl (C=O) groups is 2. The fraction of sp³-hybridized carbons (Fsp3) is 0.222. The lowest BCUT2D eigenvalue weighted by atomic mass is 10.2. The zero-order chi connectivity index (χ0) is 18.3. The first kappa shape index (κ1) is 18.0. The van der Waals surface area contributed by atoms with Crippen LogP contribution in [0.4, 0.5) is 0 Å². The smallest absolute Gasteiger partial charge is 0.252 e. The average Bonchev–Trinajstić information content (AvgIpc) is 3.19. The third-order valence-corrected chi connectivity index (χ3v) is 7.13. The van der Waals surface area contributed by atoms with Crippen LogP contribution < -0.4 is 0 Å². The topological polar surface area (TPSA) is 40.6 Å². The molecule has 4 nitrogen and oxygen atoms in total. The summed E-state index contributed by atoms with van der Waals surface area (Å²) in [5, 5.41) is 4.02. The van der Waals surface area contributed by atoms with Crippen molar-refractivity contribution >= 4 is 58.5 Å². The van der Waals surface area contributed by atoms with Crippen molar-refractivity contribution in [2.45, 2.75) is 10.7 Å². The van der Waals surface area contributed by atoms with E-state index in [-0.39, 0.29) is 22.6 Å². The molecule has 2 atom stereocenters. The molecule has 0 aliphatic carbocycles. The van der Waals surface area contributed by atoms with Crippen LogP contribution in [-0.4, -0.2) is 33.3 Å². The maximum atomic E-state index is 12.6. The van der Waals surface area contributed by atoms with Crippen molar-refractivity contribution in [2.24, 2.45) is 0 Å². The average molecular weight is 425 g/mol. The Labute approximate surface area is 169 Å². The van der Waals surface area contributed by atoms with Crippen LogP contribution in [-0.2, 0) is 9.59 Å². The van der Waals surface area contributed by atoms with E-state index in [2.05, 4.69) is 0 Å². The van der Waals surface area contributed by atoms with E-state index < -0.39 is 0 Å². The predicted octanol–water partition coefficient (Wildman–Crippen LogP) is 4.76. The number of hydrogen-bond donors (Lipinski definition) is 0. The van der Waals surface area contributed by atoms with E-state index in [1.807, 2.05) is 24.3 Å². The van der Waals surface area contributed by atoms with Crippen LogP contribution in [0, 0.1) is 0 Å². The number of benzene rings is 2. The molecule has 2 amide bonds. The van der Waals surface area contributed by atoms with Gasteiger partial charge in [0.2, 0.25) is 0 Å². The van der Waals surface area contributed by atoms with Crippen molar-refractivity contribution in [3.8, 4) is 0 Å². The first-order chi connectivity index (χ1) is 12.5. The Balaban J connectivity index is 1.69. The fourth-order valence-electron chi connectivity index (χ4n) is 3.03. The van der Waals surface area contributed by atoms with Crippen molar-refractivity contribution in [1.29, 1.82) is 0 Å². The fourth-order valence-corrected chi connectivity index (χ4v) is 5.57. The first-order valence-electron chi connectivity index (χ1n) is 7.93. The van der Waals surface area contributed by atoms with Gasteiger partial charge in [-0.1, -0.05) is 47.5 Å². The number of nitrogens with zero attached hydrogens (tertiary/aromatic N) is 2. The van der Waals surface area contributed by atoms with Gasteiger partial charge in [-0.05, 0) is 35.4 Å². The molecule has 0 aromatic heterocycles. The minimum absolute atomic E-state index is 0.0650. The van der Waals surface area contributed by atoms with E-state index in [0.29, 0.717) is 21.6 Å². The van der Waals surface area contributed by atoms with Crippen LogP contribution in [0.25, 0.3) is 0 Å². The minimum Gasteiger partial charge on any atom is -0.272 e. The molecule has 0 unspecified atom stereocenters. The van der Waals surface area contributed by atoms with Crippen molar-refractivity contribution in [3.63, 3.8) is 0 Å². The second-order valence-corrected chi connectivity index (χ2v) is 8.92. The quantitative estimate of drug-likeness (QED) is 0.711. The van der Waals surface area contributed by atoms with Crippen LogP contribution in [0.3, 0.4) is 0 Å². The van der Waals surface area contributed by atoms with Gasteiger partial charge >= 0.3 is 0 Å². The lowest BCUT2D eigenvalue weighted by Gasteiger charge is -2.36. The van der Waals surface area contributed by atoms with Gasteiger partial charge in [0.05, 0.1) is 11.5 Å². The second-order valence-electron chi connectivity index (χ2n) is 5.91. The molecule has 2 heterocycles. The van der Waals surface area contributed by atoms with Gasteiger partial charge in [-0.3, -0.25) is 9.59 Å². The molecule has 0 saturated carbocycles. The van der Waals surface area contributed by atoms with Gasteiger partial charge in [-0.25, -0.2) is 10.0 Å². The highest BCUT2D eigenvalue weighted by atomic mass is 35.5. The molecule has 2 aromatic rings. The zero-order valence-electron chi connectivity index (χ0n) is 13.5. The number of carbonyl (C=O) groups excluding carboxylic acids is 2. The van der Waals surface area contributed by atoms with Crippen LogP contribution in [0.2, 0.25) is 10.0 Å². The van der Waals surface area contributed by atoms with E-state index in [0.717, 1.165) is 11.1 Å². The number of halogens is 2. The monoisotopic (exact) mass is 424 g/mol. The molecule has 0 N–H and O–H groups in total. The van der Waals surface area contributed by atoms with Gasteiger partial charge in [-0.2, -0.15) is 0 Å². The summed E-state index contributed by atoms with van der Waals surface area (Å²) in [4.78, 5) is 25.3. The zero-order valence-corrected chi connectivity index (χ0v) is 16.6. The lowest BCUT2D eigenvalue weighted by Crippen LogP contribution is -2.47. The van der Waals surface area contributed by atoms with Gasteiger partial charge in [0, 0.05) is 10.0 Å². The Bertz CT molecular complexity index is 774. The van der Waals surface area contributed by atoms with E-state index in [4.69, 9.17) is 23.2 Å². The predicted molar refractivity (Wildman–Crippen MR) is 107 cm³/mol. The summed E-state index contributed by atoms with van der Waals surface area (Å²) in [6.45, 7) is 0. The van der Waals surface area contributed by atoms with Gasteiger partial charge in [-0.15, -0.1) is 23.5 Å². The molecule has 2 saturated heterocycles. The molecular weight excluding hydrogens is 411 g/mol. The van der Waals surface area contributed by atoms with Gasteiger partial charge in [0.25, 0.3) is 11.8 Å². The Morgan fingerprint density at radius 3 is 1.38 bits per heavy atom. The van der Waals surface area contributed by atoms with Crippen molar-refractivity contribution in [3.05, 3.63) is 69.7 Å². The molecule has 0 bridgehead atoms. The van der Waals surface area contributed by atoms with E-state index in [9.17, 15) is 9.59 Å². The summed E-state index contributed by atoms with van der Waals surface area (Å²) in [7, 11) is 0. The summed E-state index contributed by atoms with van der Waals surface area (Å²) in [6.07, 6.45) is 0. The maximum Gasteiger partial charge on any atom is 0.252 e. The SMILES string of the molecule is O=C1CS[C@H](c2ccc(Cl)cc2)N1N1C(=O)CS[C@H]1c1ccc(Cl)cc1. The summed E-state index contributed by atoms with van der Waals surface area (Å²) in [5.41, 5.74) is 1.90. The highest BCUT2D eigenvalue weighted by molar-refractivity contribution is 8.01. The summed E-state index contributed by atoms with van der Waals surface area (Å²) in [6, 6.07) is 14.8. The first-order valence-corrected chi connectivity index (χ1v) is 10.8. The van der Waals surface area contributed by atoms with Gasteiger partial charge in [0.15, 0.2) is 0 Å². The summed E-state index contributed by atoms with van der Waals surface area (Å²) >= 11 is 15.0. The number of hydrogen-bond acceptors (Lipinski definition) is 4. The summed E-state index contributed by atoms with van der Waals surface area (Å²) in [5.74, 6) is 0.555. The number of amides is 2. The molecule has 4 rings (SSSR count). The van der Waals surface area contributed by atoms with E-state index >= 15 is 0 Å². The van der Waals surface area contributed by atoms with Crippen LogP contribution in [0.15, 0.2) is 48.5 Å². The molecule has 8 heteroatoms. The second kappa shape index (κ2) is 7.35. The van der Waals surface area contributed by atoms with E-state index in [1.54, 1.807) is 34.3 Å². The number of rotatable bonds is 3. The normalized spacial score (nSPS) is 23.2. The molecule has 2 aliphatic rings. The molecule has 2 fully saturated rings. The molecule has 26 heavy (non-hydrogen) atoms. The number of hydrazine groups is 1. The highest BCUT2D eigenvalue weighted by Crippen LogP contribution is 2.47. The van der Waals surface area contributed by atoms with E-state index in [1.165, 1.54) is 23.5 Å². The highest BCUT2D eigenvalue weighted by Gasteiger charge is 2.45. The third kappa shape index (κ3) is 3.31. The van der Waals surface area contributed by atoms with Crippen molar-refractivity contribution in [1.82, 2.24) is 10.0 Å². The third-order valence-electron chi connectivity index (χ3n) is 4.23. The van der Waals surface area contributed by atoms with Crippen LogP contribution in [0.1, 0.15) is 21.9 Å². The van der Waals surface area contributed by atoms with Crippen LogP contribution >= 0.6 is 46.7 Å². The van der Waals surface area contributed by atoms with Gasteiger partial charge in [0.1, 0.15) is 10.7 Å². The van der Waals surface area contributed by atoms with Crippen molar-refractivity contribution in [2.75, 3.05) is 11.5 Å². The molecular formula is C18H14Cl2N2O2S2. The Morgan fingerprint density at radius 2 is 1.04 bits per heavy atom. The maximum absolute atomic E-state index is 12.6. The summed E-state index contributed by atoms with van der Waals surface area (Å²) < 4.78 is 0. The Kier molecular flexibility index (Phi) is 5.10. The minimum atomic E-state index is -0.239. The van der Waals surface area contributed by atoms with Crippen molar-refractivity contribution < 1.29 is 9.59 Å². The standard InChI is InChI=1S/C18H14Cl2N2O2S2/c19-13-5-1-11(2-6-13)17-21(15(23)9-25-17)22-16(24)10-26-18(22)12-3-7-14(20)8-4-12/h1-8,17-18H,9-10H2/t17-,18+. The molecule has 134 valence electrons. The largest absolute Gasteiger partial charge is 0.272 e. The molecule has 2 aromatic carbocycles. The molecule has 0 radical (unpaired) electrons. The molecule has 0 spiro atoms.